The van der Waals surface area contributed by atoms with Crippen LogP contribution in [0.25, 0.3) is 0 Å². The van der Waals surface area contributed by atoms with Crippen molar-refractivity contribution in [1.82, 2.24) is 10.2 Å². The number of likely N-dealkylation sites (N-methyl/N-ethyl adjacent to an activating group) is 1. The molecule has 0 aliphatic heterocycles. The predicted molar refractivity (Wildman–Crippen MR) is 71.7 cm³/mol. The molecule has 2 atom stereocenters. The fourth-order valence-electron chi connectivity index (χ4n) is 2.95. The summed E-state index contributed by atoms with van der Waals surface area (Å²) in [6, 6.07) is 0.727. The molecule has 0 heterocycles. The molecular formula is C14H24N2O3. The maximum Gasteiger partial charge on any atom is 0.306 e. The number of amides is 1. The van der Waals surface area contributed by atoms with Gasteiger partial charge in [-0.25, -0.2) is 0 Å². The largest absolute Gasteiger partial charge is 0.481 e. The fraction of sp³-hybridized carbons (Fsp3) is 0.857. The van der Waals surface area contributed by atoms with Gasteiger partial charge < -0.3 is 10.4 Å². The van der Waals surface area contributed by atoms with Crippen molar-refractivity contribution in [1.29, 1.82) is 0 Å². The van der Waals surface area contributed by atoms with Gasteiger partial charge in [-0.3, -0.25) is 14.5 Å². The van der Waals surface area contributed by atoms with Crippen LogP contribution in [0.5, 0.6) is 0 Å². The van der Waals surface area contributed by atoms with E-state index in [-0.39, 0.29) is 17.7 Å². The zero-order valence-corrected chi connectivity index (χ0v) is 11.6. The summed E-state index contributed by atoms with van der Waals surface area (Å²) in [5.41, 5.74) is 0. The van der Waals surface area contributed by atoms with E-state index in [1.807, 2.05) is 0 Å². The van der Waals surface area contributed by atoms with Crippen LogP contribution in [0.3, 0.4) is 0 Å². The smallest absolute Gasteiger partial charge is 0.306 e. The lowest BCUT2D eigenvalue weighted by Crippen LogP contribution is -2.38. The molecule has 2 saturated carbocycles. The molecule has 0 aromatic carbocycles. The minimum absolute atomic E-state index is 0.0376. The molecule has 108 valence electrons. The molecular weight excluding hydrogens is 244 g/mol. The number of aliphatic carboxylic acids is 1. The second kappa shape index (κ2) is 6.37. The SMILES string of the molecule is CCN(CCNC(=O)C1CCC(C(=O)O)C1)C1CC1. The fourth-order valence-corrected chi connectivity index (χ4v) is 2.95. The maximum atomic E-state index is 11.9. The molecule has 2 unspecified atom stereocenters. The zero-order chi connectivity index (χ0) is 13.8. The lowest BCUT2D eigenvalue weighted by Gasteiger charge is -2.20. The molecule has 2 fully saturated rings. The van der Waals surface area contributed by atoms with Gasteiger partial charge in [0.1, 0.15) is 0 Å². The summed E-state index contributed by atoms with van der Waals surface area (Å²) in [6.45, 7) is 4.76. The monoisotopic (exact) mass is 268 g/mol. The number of carbonyl (C=O) groups is 2. The second-order valence-corrected chi connectivity index (χ2v) is 5.70. The Labute approximate surface area is 114 Å². The van der Waals surface area contributed by atoms with E-state index in [9.17, 15) is 9.59 Å². The number of nitrogens with one attached hydrogen (secondary N) is 1. The number of carboxylic acids is 1. The van der Waals surface area contributed by atoms with E-state index in [1.54, 1.807) is 0 Å². The minimum Gasteiger partial charge on any atom is -0.481 e. The highest BCUT2D eigenvalue weighted by molar-refractivity contribution is 5.80. The van der Waals surface area contributed by atoms with Crippen molar-refractivity contribution >= 4 is 11.9 Å². The highest BCUT2D eigenvalue weighted by Gasteiger charge is 2.33. The average Bonchev–Trinajstić information content (AvgIpc) is 3.09. The Morgan fingerprint density at radius 3 is 2.42 bits per heavy atom. The normalized spacial score (nSPS) is 26.6. The molecule has 2 rings (SSSR count). The van der Waals surface area contributed by atoms with Crippen molar-refractivity contribution in [2.24, 2.45) is 11.8 Å². The first-order valence-corrected chi connectivity index (χ1v) is 7.36. The standard InChI is InChI=1S/C14H24N2O3/c1-2-16(12-5-6-12)8-7-15-13(17)10-3-4-11(9-10)14(18)19/h10-12H,2-9H2,1H3,(H,15,17)(H,18,19). The Morgan fingerprint density at radius 1 is 1.21 bits per heavy atom. The summed E-state index contributed by atoms with van der Waals surface area (Å²) in [5.74, 6) is -1.15. The summed E-state index contributed by atoms with van der Waals surface area (Å²) in [5, 5.41) is 11.9. The van der Waals surface area contributed by atoms with Gasteiger partial charge in [0.05, 0.1) is 5.92 Å². The molecule has 0 spiro atoms. The van der Waals surface area contributed by atoms with Gasteiger partial charge >= 0.3 is 5.97 Å². The van der Waals surface area contributed by atoms with Crippen LogP contribution in [0, 0.1) is 11.8 Å². The molecule has 2 aliphatic rings. The lowest BCUT2D eigenvalue weighted by molar-refractivity contribution is -0.141. The number of carbonyl (C=O) groups excluding carboxylic acids is 1. The molecule has 19 heavy (non-hydrogen) atoms. The number of hydrogen-bond acceptors (Lipinski definition) is 3. The molecule has 0 aromatic heterocycles. The minimum atomic E-state index is -0.763. The topological polar surface area (TPSA) is 69.6 Å². The first-order valence-electron chi connectivity index (χ1n) is 7.36. The Morgan fingerprint density at radius 2 is 1.89 bits per heavy atom. The third kappa shape index (κ3) is 3.93. The Bertz CT molecular complexity index is 342. The summed E-state index contributed by atoms with van der Waals surface area (Å²) in [6.07, 6.45) is 4.41. The van der Waals surface area contributed by atoms with Gasteiger partial charge in [-0.05, 0) is 38.6 Å². The van der Waals surface area contributed by atoms with Crippen LogP contribution >= 0.6 is 0 Å². The quantitative estimate of drug-likeness (QED) is 0.725. The van der Waals surface area contributed by atoms with Crippen molar-refractivity contribution in [3.63, 3.8) is 0 Å². The van der Waals surface area contributed by atoms with Crippen LogP contribution in [0.4, 0.5) is 0 Å². The third-order valence-electron chi connectivity index (χ3n) is 4.32. The van der Waals surface area contributed by atoms with Gasteiger partial charge in [0.15, 0.2) is 0 Å². The molecule has 2 aliphatic carbocycles. The van der Waals surface area contributed by atoms with Gasteiger partial charge in [-0.2, -0.15) is 0 Å². The first-order chi connectivity index (χ1) is 9.11. The van der Waals surface area contributed by atoms with Crippen molar-refractivity contribution in [2.45, 2.75) is 45.1 Å². The molecule has 1 amide bonds. The van der Waals surface area contributed by atoms with Gasteiger partial charge in [-0.15, -0.1) is 0 Å². The summed E-state index contributed by atoms with van der Waals surface area (Å²) in [4.78, 5) is 25.2. The third-order valence-corrected chi connectivity index (χ3v) is 4.32. The van der Waals surface area contributed by atoms with E-state index in [1.165, 1.54) is 12.8 Å². The molecule has 0 aromatic rings. The molecule has 0 radical (unpaired) electrons. The Hall–Kier alpha value is -1.10. The second-order valence-electron chi connectivity index (χ2n) is 5.70. The van der Waals surface area contributed by atoms with Gasteiger partial charge in [0.25, 0.3) is 0 Å². The van der Waals surface area contributed by atoms with Gasteiger partial charge in [0, 0.05) is 25.0 Å². The van der Waals surface area contributed by atoms with E-state index in [4.69, 9.17) is 5.11 Å². The van der Waals surface area contributed by atoms with Crippen molar-refractivity contribution in [3.05, 3.63) is 0 Å². The Kier molecular flexibility index (Phi) is 4.80. The summed E-state index contributed by atoms with van der Waals surface area (Å²) < 4.78 is 0. The van der Waals surface area contributed by atoms with Crippen LogP contribution in [0.15, 0.2) is 0 Å². The van der Waals surface area contributed by atoms with Crippen molar-refractivity contribution < 1.29 is 14.7 Å². The van der Waals surface area contributed by atoms with E-state index in [0.29, 0.717) is 25.8 Å². The van der Waals surface area contributed by atoms with Crippen molar-refractivity contribution in [2.75, 3.05) is 19.6 Å². The van der Waals surface area contributed by atoms with Crippen LogP contribution in [0.1, 0.15) is 39.0 Å². The maximum absolute atomic E-state index is 11.9. The lowest BCUT2D eigenvalue weighted by atomic mass is 10.0. The van der Waals surface area contributed by atoms with Crippen LogP contribution in [0.2, 0.25) is 0 Å². The zero-order valence-electron chi connectivity index (χ0n) is 11.6. The number of rotatable bonds is 7. The number of hydrogen-bond donors (Lipinski definition) is 2. The highest BCUT2D eigenvalue weighted by atomic mass is 16.4. The van der Waals surface area contributed by atoms with E-state index >= 15 is 0 Å². The Balaban J connectivity index is 1.65. The summed E-state index contributed by atoms with van der Waals surface area (Å²) >= 11 is 0. The molecule has 2 N–H and O–H groups in total. The van der Waals surface area contributed by atoms with Gasteiger partial charge in [-0.1, -0.05) is 6.92 Å². The van der Waals surface area contributed by atoms with Crippen LogP contribution in [-0.2, 0) is 9.59 Å². The first kappa shape index (κ1) is 14.3. The number of carboxylic acid groups (broad SMARTS) is 1. The van der Waals surface area contributed by atoms with E-state index in [0.717, 1.165) is 19.1 Å². The van der Waals surface area contributed by atoms with Gasteiger partial charge in [0.2, 0.25) is 5.91 Å². The highest BCUT2D eigenvalue weighted by Crippen LogP contribution is 2.31. The number of nitrogens with zero attached hydrogens (tertiary/aromatic N) is 1. The van der Waals surface area contributed by atoms with Crippen molar-refractivity contribution in [3.8, 4) is 0 Å². The van der Waals surface area contributed by atoms with Crippen LogP contribution < -0.4 is 5.32 Å². The molecule has 0 bridgehead atoms. The average molecular weight is 268 g/mol. The molecule has 5 nitrogen and oxygen atoms in total. The molecule has 0 saturated heterocycles. The molecule has 5 heteroatoms. The predicted octanol–water partition coefficient (Wildman–Crippen LogP) is 1.09. The van der Waals surface area contributed by atoms with E-state index < -0.39 is 5.97 Å². The summed E-state index contributed by atoms with van der Waals surface area (Å²) in [7, 11) is 0. The van der Waals surface area contributed by atoms with Crippen LogP contribution in [-0.4, -0.2) is 47.6 Å². The van der Waals surface area contributed by atoms with E-state index in [2.05, 4.69) is 17.1 Å².